The lowest BCUT2D eigenvalue weighted by Gasteiger charge is -2.09. The van der Waals surface area contributed by atoms with Gasteiger partial charge in [0.25, 0.3) is 0 Å². The van der Waals surface area contributed by atoms with Crippen molar-refractivity contribution in [2.24, 2.45) is 0 Å². The lowest BCUT2D eigenvalue weighted by Crippen LogP contribution is -1.96. The van der Waals surface area contributed by atoms with Crippen LogP contribution < -0.4 is 4.74 Å². The van der Waals surface area contributed by atoms with Gasteiger partial charge in [-0.1, -0.05) is 18.5 Å². The molecule has 0 aliphatic rings. The minimum absolute atomic E-state index is 0.403. The molecule has 0 aliphatic carbocycles. The number of hydrogen-bond donors (Lipinski definition) is 0. The lowest BCUT2D eigenvalue weighted by atomic mass is 10.2. The van der Waals surface area contributed by atoms with Crippen LogP contribution in [0.15, 0.2) is 30.3 Å². The molecular formula is C14H14Cl2OS. The minimum Gasteiger partial charge on any atom is -0.488 e. The summed E-state index contributed by atoms with van der Waals surface area (Å²) in [6.07, 6.45) is 1.07. The predicted molar refractivity (Wildman–Crippen MR) is 79.0 cm³/mol. The minimum atomic E-state index is 0.403. The van der Waals surface area contributed by atoms with Gasteiger partial charge in [0.15, 0.2) is 0 Å². The zero-order chi connectivity index (χ0) is 13.0. The van der Waals surface area contributed by atoms with Crippen LogP contribution in [0.4, 0.5) is 0 Å². The molecule has 1 aromatic heterocycles. The molecule has 1 aromatic carbocycles. The molecule has 0 unspecified atom stereocenters. The van der Waals surface area contributed by atoms with Gasteiger partial charge in [-0.3, -0.25) is 0 Å². The molecule has 1 nitrogen and oxygen atoms in total. The molecule has 0 saturated heterocycles. The molecule has 96 valence electrons. The van der Waals surface area contributed by atoms with Gasteiger partial charge in [-0.25, -0.2) is 0 Å². The second kappa shape index (κ2) is 6.46. The average molecular weight is 301 g/mol. The van der Waals surface area contributed by atoms with Crippen LogP contribution in [0.5, 0.6) is 5.75 Å². The zero-order valence-electron chi connectivity index (χ0n) is 10.1. The highest BCUT2D eigenvalue weighted by Crippen LogP contribution is 2.26. The third-order valence-electron chi connectivity index (χ3n) is 2.60. The van der Waals surface area contributed by atoms with Crippen LogP contribution in [0, 0.1) is 0 Å². The van der Waals surface area contributed by atoms with Gasteiger partial charge < -0.3 is 4.74 Å². The fraction of sp³-hybridized carbons (Fsp3) is 0.286. The summed E-state index contributed by atoms with van der Waals surface area (Å²) in [7, 11) is 0. The Labute approximate surface area is 121 Å². The number of halogens is 2. The van der Waals surface area contributed by atoms with E-state index >= 15 is 0 Å². The summed E-state index contributed by atoms with van der Waals surface area (Å²) in [5, 5.41) is 0.683. The first-order chi connectivity index (χ1) is 8.72. The highest BCUT2D eigenvalue weighted by atomic mass is 35.5. The molecule has 2 aromatic rings. The van der Waals surface area contributed by atoms with Crippen molar-refractivity contribution in [2.45, 2.75) is 25.8 Å². The van der Waals surface area contributed by atoms with E-state index in [1.54, 1.807) is 11.3 Å². The van der Waals surface area contributed by atoms with E-state index in [-0.39, 0.29) is 0 Å². The first-order valence-electron chi connectivity index (χ1n) is 5.77. The first kappa shape index (κ1) is 13.7. The average Bonchev–Trinajstić information content (AvgIpc) is 2.85. The van der Waals surface area contributed by atoms with Crippen LogP contribution in [-0.4, -0.2) is 0 Å². The van der Waals surface area contributed by atoms with Gasteiger partial charge in [0, 0.05) is 20.3 Å². The second-order valence-electron chi connectivity index (χ2n) is 3.90. The Morgan fingerprint density at radius 2 is 1.94 bits per heavy atom. The quantitative estimate of drug-likeness (QED) is 0.683. The molecular weight excluding hydrogens is 287 g/mol. The van der Waals surface area contributed by atoms with E-state index < -0.39 is 0 Å². The SMILES string of the molecule is CCc1ccc(COc2ccc(Cl)cc2CCl)s1. The first-order valence-corrected chi connectivity index (χ1v) is 7.50. The topological polar surface area (TPSA) is 9.23 Å². The van der Waals surface area contributed by atoms with E-state index in [0.29, 0.717) is 17.5 Å². The van der Waals surface area contributed by atoms with Gasteiger partial charge in [-0.05, 0) is 36.8 Å². The van der Waals surface area contributed by atoms with Crippen molar-refractivity contribution in [2.75, 3.05) is 0 Å². The number of ether oxygens (including phenoxy) is 1. The second-order valence-corrected chi connectivity index (χ2v) is 5.85. The number of benzene rings is 1. The molecule has 0 aliphatic heterocycles. The van der Waals surface area contributed by atoms with E-state index in [4.69, 9.17) is 27.9 Å². The standard InChI is InChI=1S/C14H14Cl2OS/c1-2-12-4-5-13(18-12)9-17-14-6-3-11(16)7-10(14)8-15/h3-7H,2,8-9H2,1H3. The van der Waals surface area contributed by atoms with E-state index in [0.717, 1.165) is 17.7 Å². The Hall–Kier alpha value is -0.700. The zero-order valence-corrected chi connectivity index (χ0v) is 12.4. The Kier molecular flexibility index (Phi) is 4.93. The van der Waals surface area contributed by atoms with E-state index in [1.165, 1.54) is 9.75 Å². The molecule has 4 heteroatoms. The molecule has 1 heterocycles. The molecule has 0 atom stereocenters. The van der Waals surface area contributed by atoms with Crippen LogP contribution in [0.1, 0.15) is 22.2 Å². The fourth-order valence-corrected chi connectivity index (χ4v) is 2.91. The van der Waals surface area contributed by atoms with Crippen LogP contribution in [0.3, 0.4) is 0 Å². The van der Waals surface area contributed by atoms with Crippen LogP contribution in [-0.2, 0) is 18.9 Å². The summed E-state index contributed by atoms with van der Waals surface area (Å²) in [4.78, 5) is 2.60. The van der Waals surface area contributed by atoms with Crippen LogP contribution in [0.25, 0.3) is 0 Å². The van der Waals surface area contributed by atoms with Gasteiger partial charge in [0.05, 0.1) is 5.88 Å². The van der Waals surface area contributed by atoms with Gasteiger partial charge in [0.1, 0.15) is 12.4 Å². The van der Waals surface area contributed by atoms with Crippen LogP contribution >= 0.6 is 34.5 Å². The highest BCUT2D eigenvalue weighted by Gasteiger charge is 2.05. The normalized spacial score (nSPS) is 10.6. The third kappa shape index (κ3) is 3.41. The summed E-state index contributed by atoms with van der Waals surface area (Å²) < 4.78 is 5.79. The van der Waals surface area contributed by atoms with Crippen molar-refractivity contribution in [1.82, 2.24) is 0 Å². The largest absolute Gasteiger partial charge is 0.488 e. The van der Waals surface area contributed by atoms with E-state index in [2.05, 4.69) is 19.1 Å². The Bertz CT molecular complexity index is 522. The monoisotopic (exact) mass is 300 g/mol. The molecule has 0 N–H and O–H groups in total. The van der Waals surface area contributed by atoms with Crippen LogP contribution in [0.2, 0.25) is 5.02 Å². The van der Waals surface area contributed by atoms with Crippen molar-refractivity contribution in [1.29, 1.82) is 0 Å². The molecule has 0 saturated carbocycles. The van der Waals surface area contributed by atoms with Crippen molar-refractivity contribution in [3.05, 3.63) is 50.7 Å². The molecule has 0 fully saturated rings. The number of rotatable bonds is 5. The molecule has 0 amide bonds. The molecule has 0 radical (unpaired) electrons. The Morgan fingerprint density at radius 1 is 1.17 bits per heavy atom. The van der Waals surface area contributed by atoms with Crippen molar-refractivity contribution < 1.29 is 4.74 Å². The van der Waals surface area contributed by atoms with Crippen molar-refractivity contribution >= 4 is 34.5 Å². The lowest BCUT2D eigenvalue weighted by molar-refractivity contribution is 0.307. The number of hydrogen-bond acceptors (Lipinski definition) is 2. The smallest absolute Gasteiger partial charge is 0.124 e. The molecule has 2 rings (SSSR count). The van der Waals surface area contributed by atoms with Gasteiger partial charge in [-0.15, -0.1) is 22.9 Å². The van der Waals surface area contributed by atoms with Gasteiger partial charge in [-0.2, -0.15) is 0 Å². The fourth-order valence-electron chi connectivity index (χ4n) is 1.63. The van der Waals surface area contributed by atoms with Crippen molar-refractivity contribution in [3.8, 4) is 5.75 Å². The van der Waals surface area contributed by atoms with Gasteiger partial charge in [0.2, 0.25) is 0 Å². The summed E-state index contributed by atoms with van der Waals surface area (Å²) >= 11 is 13.6. The van der Waals surface area contributed by atoms with Crippen molar-refractivity contribution in [3.63, 3.8) is 0 Å². The maximum Gasteiger partial charge on any atom is 0.124 e. The Balaban J connectivity index is 2.05. The molecule has 0 bridgehead atoms. The maximum atomic E-state index is 5.92. The summed E-state index contributed by atoms with van der Waals surface area (Å²) in [5.41, 5.74) is 0.927. The maximum absolute atomic E-state index is 5.92. The number of aryl methyl sites for hydroxylation is 1. The number of thiophene rings is 1. The third-order valence-corrected chi connectivity index (χ3v) is 4.33. The van der Waals surface area contributed by atoms with Gasteiger partial charge >= 0.3 is 0 Å². The molecule has 0 spiro atoms. The predicted octanol–water partition coefficient (Wildman–Crippen LogP) is 5.28. The molecule has 18 heavy (non-hydrogen) atoms. The summed E-state index contributed by atoms with van der Waals surface area (Å²) in [6, 6.07) is 9.79. The van der Waals surface area contributed by atoms with E-state index in [9.17, 15) is 0 Å². The Morgan fingerprint density at radius 3 is 2.61 bits per heavy atom. The number of alkyl halides is 1. The summed E-state index contributed by atoms with van der Waals surface area (Å²) in [6.45, 7) is 2.73. The van der Waals surface area contributed by atoms with E-state index in [1.807, 2.05) is 18.2 Å². The highest BCUT2D eigenvalue weighted by molar-refractivity contribution is 7.11. The summed E-state index contributed by atoms with van der Waals surface area (Å²) in [5.74, 6) is 1.21.